The molecule has 2 N–H and O–H groups in total. The van der Waals surface area contributed by atoms with E-state index in [1.807, 2.05) is 19.1 Å². The summed E-state index contributed by atoms with van der Waals surface area (Å²) in [4.78, 5) is 12.6. The molecule has 0 spiro atoms. The predicted molar refractivity (Wildman–Crippen MR) is 58.8 cm³/mol. The number of carbonyl (C=O) groups excluding carboxylic acids is 1. The number of rotatable bonds is 2. The molecule has 4 heteroatoms. The number of benzene rings is 1. The molecule has 1 unspecified atom stereocenters. The van der Waals surface area contributed by atoms with Gasteiger partial charge in [0.15, 0.2) is 0 Å². The summed E-state index contributed by atoms with van der Waals surface area (Å²) < 4.78 is 5.06. The van der Waals surface area contributed by atoms with Crippen molar-refractivity contribution in [1.29, 1.82) is 0 Å². The molecule has 0 bridgehead atoms. The Morgan fingerprint density at radius 2 is 1.87 bits per heavy atom. The number of nitrogens with two attached hydrogens (primary N) is 1. The number of nitrogens with zero attached hydrogens (tertiary/aromatic N) is 1. The molecule has 15 heavy (non-hydrogen) atoms. The second kappa shape index (κ2) is 4.79. The van der Waals surface area contributed by atoms with E-state index < -0.39 is 0 Å². The van der Waals surface area contributed by atoms with Crippen LogP contribution in [0.2, 0.25) is 0 Å². The van der Waals surface area contributed by atoms with Crippen molar-refractivity contribution in [1.82, 2.24) is 4.90 Å². The van der Waals surface area contributed by atoms with Crippen LogP contribution in [0.4, 0.5) is 4.79 Å². The lowest BCUT2D eigenvalue weighted by Gasteiger charge is -2.11. The quantitative estimate of drug-likeness (QED) is 0.805. The number of ether oxygens (including phenoxy) is 1. The molecule has 1 aromatic rings. The van der Waals surface area contributed by atoms with Crippen LogP contribution < -0.4 is 10.5 Å². The maximum atomic E-state index is 11.2. The van der Waals surface area contributed by atoms with Gasteiger partial charge >= 0.3 is 6.09 Å². The first-order valence-corrected chi connectivity index (χ1v) is 4.75. The molecule has 0 aliphatic heterocycles. The van der Waals surface area contributed by atoms with Crippen LogP contribution >= 0.6 is 0 Å². The third kappa shape index (κ3) is 3.25. The minimum atomic E-state index is -0.386. The minimum Gasteiger partial charge on any atom is -0.410 e. The first-order chi connectivity index (χ1) is 7.00. The number of carbonyl (C=O) groups is 1. The molecular weight excluding hydrogens is 192 g/mol. The molecule has 82 valence electrons. The zero-order valence-electron chi connectivity index (χ0n) is 9.23. The Morgan fingerprint density at radius 1 is 1.33 bits per heavy atom. The monoisotopic (exact) mass is 208 g/mol. The molecule has 0 radical (unpaired) electrons. The fourth-order valence-corrected chi connectivity index (χ4v) is 1.03. The van der Waals surface area contributed by atoms with Crippen LogP contribution in [0.25, 0.3) is 0 Å². The molecule has 0 fully saturated rings. The van der Waals surface area contributed by atoms with E-state index in [4.69, 9.17) is 10.5 Å². The Morgan fingerprint density at radius 3 is 2.27 bits per heavy atom. The second-order valence-corrected chi connectivity index (χ2v) is 3.62. The summed E-state index contributed by atoms with van der Waals surface area (Å²) in [6.07, 6.45) is -0.386. The first-order valence-electron chi connectivity index (χ1n) is 4.75. The molecule has 1 amide bonds. The number of hydrogen-bond acceptors (Lipinski definition) is 3. The Kier molecular flexibility index (Phi) is 3.68. The highest BCUT2D eigenvalue weighted by Crippen LogP contribution is 2.16. The van der Waals surface area contributed by atoms with E-state index in [0.29, 0.717) is 5.75 Å². The molecule has 0 aliphatic carbocycles. The summed E-state index contributed by atoms with van der Waals surface area (Å²) in [7, 11) is 3.28. The van der Waals surface area contributed by atoms with Gasteiger partial charge in [-0.05, 0) is 24.6 Å². The third-order valence-electron chi connectivity index (χ3n) is 1.98. The summed E-state index contributed by atoms with van der Waals surface area (Å²) >= 11 is 0. The van der Waals surface area contributed by atoms with Gasteiger partial charge in [0.1, 0.15) is 5.75 Å². The van der Waals surface area contributed by atoms with Crippen LogP contribution in [0.5, 0.6) is 5.75 Å². The molecule has 0 saturated carbocycles. The minimum absolute atomic E-state index is 0.0106. The summed E-state index contributed by atoms with van der Waals surface area (Å²) in [5, 5.41) is 0. The van der Waals surface area contributed by atoms with E-state index in [1.54, 1.807) is 26.2 Å². The van der Waals surface area contributed by atoms with Gasteiger partial charge in [0.05, 0.1) is 0 Å². The van der Waals surface area contributed by atoms with E-state index in [0.717, 1.165) is 5.56 Å². The van der Waals surface area contributed by atoms with Crippen molar-refractivity contribution in [3.8, 4) is 5.75 Å². The largest absolute Gasteiger partial charge is 0.414 e. The summed E-state index contributed by atoms with van der Waals surface area (Å²) in [6, 6.07) is 7.16. The molecule has 1 atom stereocenters. The van der Waals surface area contributed by atoms with E-state index in [1.165, 1.54) is 4.90 Å². The smallest absolute Gasteiger partial charge is 0.410 e. The average Bonchev–Trinajstić information content (AvgIpc) is 2.18. The molecule has 0 aromatic heterocycles. The average molecular weight is 208 g/mol. The van der Waals surface area contributed by atoms with E-state index in [2.05, 4.69) is 0 Å². The SMILES string of the molecule is CC(N)c1ccc(OC(=O)N(C)C)cc1. The van der Waals surface area contributed by atoms with E-state index in [9.17, 15) is 4.79 Å². The normalized spacial score (nSPS) is 12.0. The second-order valence-electron chi connectivity index (χ2n) is 3.62. The fourth-order valence-electron chi connectivity index (χ4n) is 1.03. The number of amides is 1. The van der Waals surface area contributed by atoms with Crippen LogP contribution in [0, 0.1) is 0 Å². The number of hydrogen-bond donors (Lipinski definition) is 1. The Hall–Kier alpha value is -1.55. The van der Waals surface area contributed by atoms with Gasteiger partial charge in [-0.15, -0.1) is 0 Å². The van der Waals surface area contributed by atoms with Crippen molar-refractivity contribution in [3.05, 3.63) is 29.8 Å². The van der Waals surface area contributed by atoms with E-state index >= 15 is 0 Å². The highest BCUT2D eigenvalue weighted by Gasteiger charge is 2.06. The molecule has 1 aromatic carbocycles. The van der Waals surface area contributed by atoms with Crippen molar-refractivity contribution >= 4 is 6.09 Å². The van der Waals surface area contributed by atoms with Gasteiger partial charge < -0.3 is 15.4 Å². The maximum absolute atomic E-state index is 11.2. The highest BCUT2D eigenvalue weighted by molar-refractivity contribution is 5.69. The molecule has 4 nitrogen and oxygen atoms in total. The van der Waals surface area contributed by atoms with Crippen LogP contribution in [-0.2, 0) is 0 Å². The first kappa shape index (κ1) is 11.5. The molecule has 1 rings (SSSR count). The zero-order chi connectivity index (χ0) is 11.4. The Bertz CT molecular complexity index is 331. The standard InChI is InChI=1S/C11H16N2O2/c1-8(12)9-4-6-10(7-5-9)15-11(14)13(2)3/h4-8H,12H2,1-3H3. The van der Waals surface area contributed by atoms with Gasteiger partial charge in [0.2, 0.25) is 0 Å². The molecule has 0 heterocycles. The van der Waals surface area contributed by atoms with Gasteiger partial charge in [-0.3, -0.25) is 0 Å². The van der Waals surface area contributed by atoms with Crippen molar-refractivity contribution in [2.45, 2.75) is 13.0 Å². The van der Waals surface area contributed by atoms with Crippen molar-refractivity contribution in [3.63, 3.8) is 0 Å². The Balaban J connectivity index is 2.69. The van der Waals surface area contributed by atoms with Gasteiger partial charge in [-0.25, -0.2) is 4.79 Å². The van der Waals surface area contributed by atoms with Gasteiger partial charge in [-0.1, -0.05) is 12.1 Å². The Labute approximate surface area is 89.6 Å². The summed E-state index contributed by atoms with van der Waals surface area (Å²) in [6.45, 7) is 1.90. The lowest BCUT2D eigenvalue weighted by Crippen LogP contribution is -2.25. The lowest BCUT2D eigenvalue weighted by molar-refractivity contribution is 0.172. The zero-order valence-corrected chi connectivity index (χ0v) is 9.23. The van der Waals surface area contributed by atoms with Crippen LogP contribution in [0.15, 0.2) is 24.3 Å². The topological polar surface area (TPSA) is 55.6 Å². The van der Waals surface area contributed by atoms with Crippen LogP contribution in [0.3, 0.4) is 0 Å². The van der Waals surface area contributed by atoms with Crippen LogP contribution in [0.1, 0.15) is 18.5 Å². The van der Waals surface area contributed by atoms with Crippen molar-refractivity contribution < 1.29 is 9.53 Å². The third-order valence-corrected chi connectivity index (χ3v) is 1.98. The summed E-state index contributed by atoms with van der Waals surface area (Å²) in [5.74, 6) is 0.526. The van der Waals surface area contributed by atoms with Gasteiger partial charge in [0, 0.05) is 20.1 Å². The van der Waals surface area contributed by atoms with Gasteiger partial charge in [-0.2, -0.15) is 0 Å². The maximum Gasteiger partial charge on any atom is 0.414 e. The summed E-state index contributed by atoms with van der Waals surface area (Å²) in [5.41, 5.74) is 6.71. The van der Waals surface area contributed by atoms with Crippen molar-refractivity contribution in [2.24, 2.45) is 5.73 Å². The van der Waals surface area contributed by atoms with Gasteiger partial charge in [0.25, 0.3) is 0 Å². The molecule has 0 aliphatic rings. The highest BCUT2D eigenvalue weighted by atomic mass is 16.6. The molecule has 0 saturated heterocycles. The van der Waals surface area contributed by atoms with Crippen LogP contribution in [-0.4, -0.2) is 25.1 Å². The van der Waals surface area contributed by atoms with E-state index in [-0.39, 0.29) is 12.1 Å². The molecular formula is C11H16N2O2. The fraction of sp³-hybridized carbons (Fsp3) is 0.364. The van der Waals surface area contributed by atoms with Crippen molar-refractivity contribution in [2.75, 3.05) is 14.1 Å². The predicted octanol–water partition coefficient (Wildman–Crippen LogP) is 1.77. The lowest BCUT2D eigenvalue weighted by atomic mass is 10.1.